The van der Waals surface area contributed by atoms with Crippen molar-refractivity contribution in [2.24, 2.45) is 0 Å². The van der Waals surface area contributed by atoms with Crippen LogP contribution in [0.15, 0.2) is 42.5 Å². The van der Waals surface area contributed by atoms with Crippen LogP contribution in [0.1, 0.15) is 21.5 Å². The smallest absolute Gasteiger partial charge is 0.335 e. The molecule has 3 nitrogen and oxygen atoms in total. The molecule has 0 aliphatic rings. The Balaban J connectivity index is 2.25. The van der Waals surface area contributed by atoms with Crippen LogP contribution in [0.25, 0.3) is 0 Å². The van der Waals surface area contributed by atoms with Crippen LogP contribution in [-0.2, 0) is 6.42 Å². The maximum atomic E-state index is 13.2. The van der Waals surface area contributed by atoms with Crippen molar-refractivity contribution in [2.45, 2.75) is 6.42 Å². The van der Waals surface area contributed by atoms with E-state index in [0.717, 1.165) is 11.1 Å². The van der Waals surface area contributed by atoms with E-state index in [4.69, 9.17) is 9.84 Å². The molecule has 2 rings (SSSR count). The number of benzene rings is 2. The van der Waals surface area contributed by atoms with Crippen LogP contribution in [0, 0.1) is 5.82 Å². The van der Waals surface area contributed by atoms with Crippen molar-refractivity contribution in [1.82, 2.24) is 0 Å². The topological polar surface area (TPSA) is 46.5 Å². The minimum Gasteiger partial charge on any atom is -0.496 e. The van der Waals surface area contributed by atoms with E-state index in [2.05, 4.69) is 0 Å². The number of carboxylic acid groups (broad SMARTS) is 1. The molecule has 2 aromatic rings. The number of methoxy groups -OCH3 is 1. The molecule has 0 aliphatic heterocycles. The Morgan fingerprint density at radius 3 is 2.47 bits per heavy atom. The van der Waals surface area contributed by atoms with E-state index in [-0.39, 0.29) is 11.4 Å². The number of ether oxygens (including phenoxy) is 1. The fourth-order valence-electron chi connectivity index (χ4n) is 1.87. The van der Waals surface area contributed by atoms with E-state index in [1.165, 1.54) is 31.4 Å². The zero-order valence-electron chi connectivity index (χ0n) is 10.4. The highest BCUT2D eigenvalue weighted by Gasteiger charge is 2.07. The first-order valence-electron chi connectivity index (χ1n) is 5.75. The van der Waals surface area contributed by atoms with Crippen LogP contribution in [0.2, 0.25) is 0 Å². The van der Waals surface area contributed by atoms with Crippen LogP contribution in [0.3, 0.4) is 0 Å². The van der Waals surface area contributed by atoms with Crippen molar-refractivity contribution in [3.8, 4) is 5.75 Å². The van der Waals surface area contributed by atoms with E-state index >= 15 is 0 Å². The molecule has 98 valence electrons. The predicted octanol–water partition coefficient (Wildman–Crippen LogP) is 3.12. The third-order valence-electron chi connectivity index (χ3n) is 2.84. The highest BCUT2D eigenvalue weighted by atomic mass is 19.1. The minimum absolute atomic E-state index is 0.231. The number of carboxylic acids is 1. The van der Waals surface area contributed by atoms with Crippen molar-refractivity contribution in [3.63, 3.8) is 0 Å². The van der Waals surface area contributed by atoms with Gasteiger partial charge in [-0.25, -0.2) is 9.18 Å². The lowest BCUT2D eigenvalue weighted by molar-refractivity contribution is 0.0697. The van der Waals surface area contributed by atoms with Crippen molar-refractivity contribution >= 4 is 5.97 Å². The molecule has 0 bridgehead atoms. The molecule has 0 radical (unpaired) electrons. The number of rotatable bonds is 4. The van der Waals surface area contributed by atoms with Crippen LogP contribution in [0.4, 0.5) is 4.39 Å². The van der Waals surface area contributed by atoms with E-state index in [9.17, 15) is 9.18 Å². The third kappa shape index (κ3) is 3.10. The van der Waals surface area contributed by atoms with Crippen LogP contribution < -0.4 is 4.74 Å². The summed E-state index contributed by atoms with van der Waals surface area (Å²) < 4.78 is 18.4. The van der Waals surface area contributed by atoms with Gasteiger partial charge in [-0.05, 0) is 35.9 Å². The minimum atomic E-state index is -0.963. The number of hydrogen-bond donors (Lipinski definition) is 1. The largest absolute Gasteiger partial charge is 0.496 e. The average molecular weight is 260 g/mol. The fourth-order valence-corrected chi connectivity index (χ4v) is 1.87. The lowest BCUT2D eigenvalue weighted by Crippen LogP contribution is -1.98. The SMILES string of the molecule is COc1ccc(F)cc1Cc1ccc(C(=O)O)cc1. The fraction of sp³-hybridized carbons (Fsp3) is 0.133. The third-order valence-corrected chi connectivity index (χ3v) is 2.84. The molecular formula is C15H13FO3. The second-order valence-corrected chi connectivity index (χ2v) is 4.14. The van der Waals surface area contributed by atoms with E-state index in [1.54, 1.807) is 18.2 Å². The van der Waals surface area contributed by atoms with Gasteiger partial charge in [-0.15, -0.1) is 0 Å². The lowest BCUT2D eigenvalue weighted by atomic mass is 10.0. The van der Waals surface area contributed by atoms with Gasteiger partial charge in [-0.2, -0.15) is 0 Å². The van der Waals surface area contributed by atoms with Gasteiger partial charge < -0.3 is 9.84 Å². The highest BCUT2D eigenvalue weighted by Crippen LogP contribution is 2.22. The summed E-state index contributed by atoms with van der Waals surface area (Å²) in [7, 11) is 1.53. The molecule has 4 heteroatoms. The van der Waals surface area contributed by atoms with Gasteiger partial charge in [0.05, 0.1) is 12.7 Å². The summed E-state index contributed by atoms with van der Waals surface area (Å²) in [6, 6.07) is 10.8. The van der Waals surface area contributed by atoms with Crippen LogP contribution >= 0.6 is 0 Å². The van der Waals surface area contributed by atoms with Gasteiger partial charge in [0, 0.05) is 12.0 Å². The van der Waals surface area contributed by atoms with Crippen molar-refractivity contribution in [1.29, 1.82) is 0 Å². The molecular weight excluding hydrogens is 247 g/mol. The van der Waals surface area contributed by atoms with Gasteiger partial charge in [-0.3, -0.25) is 0 Å². The molecule has 19 heavy (non-hydrogen) atoms. The zero-order chi connectivity index (χ0) is 13.8. The first-order valence-corrected chi connectivity index (χ1v) is 5.75. The van der Waals surface area contributed by atoms with Gasteiger partial charge in [0.2, 0.25) is 0 Å². The summed E-state index contributed by atoms with van der Waals surface area (Å²) >= 11 is 0. The number of carbonyl (C=O) groups is 1. The lowest BCUT2D eigenvalue weighted by Gasteiger charge is -2.08. The second kappa shape index (κ2) is 5.52. The van der Waals surface area contributed by atoms with Gasteiger partial charge in [0.25, 0.3) is 0 Å². The number of aromatic carboxylic acids is 1. The summed E-state index contributed by atoms with van der Waals surface area (Å²) in [5.74, 6) is -0.670. The Labute approximate surface area is 110 Å². The van der Waals surface area contributed by atoms with Gasteiger partial charge in [0.1, 0.15) is 11.6 Å². The van der Waals surface area contributed by atoms with E-state index in [0.29, 0.717) is 12.2 Å². The quantitative estimate of drug-likeness (QED) is 0.918. The Morgan fingerprint density at radius 1 is 1.21 bits per heavy atom. The standard InChI is InChI=1S/C15H13FO3/c1-19-14-7-6-13(16)9-12(14)8-10-2-4-11(5-3-10)15(17)18/h2-7,9H,8H2,1H3,(H,17,18). The predicted molar refractivity (Wildman–Crippen MR) is 69.2 cm³/mol. The molecule has 2 aromatic carbocycles. The highest BCUT2D eigenvalue weighted by molar-refractivity contribution is 5.87. The molecule has 0 amide bonds. The van der Waals surface area contributed by atoms with Crippen LogP contribution in [0.5, 0.6) is 5.75 Å². The van der Waals surface area contributed by atoms with E-state index in [1.807, 2.05) is 0 Å². The molecule has 0 spiro atoms. The molecule has 1 N–H and O–H groups in total. The molecule has 0 aromatic heterocycles. The summed E-state index contributed by atoms with van der Waals surface area (Å²) in [6.45, 7) is 0. The van der Waals surface area contributed by atoms with Gasteiger partial charge in [0.15, 0.2) is 0 Å². The molecule has 0 atom stereocenters. The van der Waals surface area contributed by atoms with Crippen LogP contribution in [-0.4, -0.2) is 18.2 Å². The van der Waals surface area contributed by atoms with Gasteiger partial charge >= 0.3 is 5.97 Å². The van der Waals surface area contributed by atoms with Crippen molar-refractivity contribution in [2.75, 3.05) is 7.11 Å². The molecule has 0 fully saturated rings. The Hall–Kier alpha value is -2.36. The molecule has 0 unspecified atom stereocenters. The Morgan fingerprint density at radius 2 is 1.89 bits per heavy atom. The zero-order valence-corrected chi connectivity index (χ0v) is 10.4. The maximum absolute atomic E-state index is 13.2. The first-order chi connectivity index (χ1) is 9.10. The summed E-state index contributed by atoms with van der Waals surface area (Å²) in [6.07, 6.45) is 0.487. The number of halogens is 1. The molecule has 0 saturated carbocycles. The Kier molecular flexibility index (Phi) is 3.80. The van der Waals surface area contributed by atoms with Crippen molar-refractivity contribution < 1.29 is 19.0 Å². The Bertz CT molecular complexity index is 591. The summed E-state index contributed by atoms with van der Waals surface area (Å²) in [4.78, 5) is 10.7. The molecule has 0 aliphatic carbocycles. The van der Waals surface area contributed by atoms with E-state index < -0.39 is 5.97 Å². The van der Waals surface area contributed by atoms with Gasteiger partial charge in [-0.1, -0.05) is 12.1 Å². The maximum Gasteiger partial charge on any atom is 0.335 e. The second-order valence-electron chi connectivity index (χ2n) is 4.14. The number of hydrogen-bond acceptors (Lipinski definition) is 2. The average Bonchev–Trinajstić information content (AvgIpc) is 2.39. The monoisotopic (exact) mass is 260 g/mol. The van der Waals surface area contributed by atoms with Crippen molar-refractivity contribution in [3.05, 3.63) is 65.0 Å². The normalized spacial score (nSPS) is 10.2. The summed E-state index contributed by atoms with van der Waals surface area (Å²) in [5.41, 5.74) is 1.86. The molecule has 0 saturated heterocycles. The summed E-state index contributed by atoms with van der Waals surface area (Å²) in [5, 5.41) is 8.81. The molecule has 0 heterocycles. The first kappa shape index (κ1) is 13.1.